The van der Waals surface area contributed by atoms with Gasteiger partial charge in [0.05, 0.1) is 0 Å². The third-order valence-electron chi connectivity index (χ3n) is 5.30. The van der Waals surface area contributed by atoms with Crippen LogP contribution >= 0.6 is 0 Å². The maximum absolute atomic E-state index is 13.8. The van der Waals surface area contributed by atoms with Crippen molar-refractivity contribution in [3.8, 4) is 0 Å². The van der Waals surface area contributed by atoms with Gasteiger partial charge < -0.3 is 0 Å². The molecule has 0 nitrogen and oxygen atoms in total. The van der Waals surface area contributed by atoms with Crippen LogP contribution in [0.15, 0.2) is 11.6 Å². The van der Waals surface area contributed by atoms with Gasteiger partial charge in [-0.3, -0.25) is 0 Å². The highest BCUT2D eigenvalue weighted by molar-refractivity contribution is 5.23. The first-order valence-electron chi connectivity index (χ1n) is 9.63. The van der Waals surface area contributed by atoms with Gasteiger partial charge in [0, 0.05) is 0 Å². The van der Waals surface area contributed by atoms with Crippen LogP contribution in [0.1, 0.15) is 20.3 Å². The van der Waals surface area contributed by atoms with Crippen LogP contribution in [0.4, 0.5) is 110 Å². The SMILES string of the molecule is CCC=C(C)C(F)(F)C(F)(F)C(F)(F)C(F)(F)C(F)(F)C(F)(F)C(F)(F)C(F)(F)C(F)(F)C(F)(F)C(F)(F)C(F)(F)F. The van der Waals surface area contributed by atoms with Crippen LogP contribution in [0.5, 0.6) is 0 Å². The highest BCUT2D eigenvalue weighted by Gasteiger charge is 2.99. The zero-order chi connectivity index (χ0) is 35.0. The van der Waals surface area contributed by atoms with Crippen LogP contribution in [0.3, 0.4) is 0 Å². The molecule has 0 saturated carbocycles. The minimum atomic E-state index is -9.58. The molecule has 0 N–H and O–H groups in total. The van der Waals surface area contributed by atoms with Crippen LogP contribution in [-0.4, -0.2) is 71.3 Å². The molecule has 0 bridgehead atoms. The molecule has 0 heterocycles. The fourth-order valence-corrected chi connectivity index (χ4v) is 2.63. The fraction of sp³-hybridized carbons (Fsp3) is 0.882. The summed E-state index contributed by atoms with van der Waals surface area (Å²) in [6, 6.07) is 0. The molecule has 0 aliphatic rings. The van der Waals surface area contributed by atoms with Crippen molar-refractivity contribution in [1.29, 1.82) is 0 Å². The number of alkyl halides is 25. The number of hydrogen-bond acceptors (Lipinski definition) is 0. The van der Waals surface area contributed by atoms with Gasteiger partial charge >= 0.3 is 71.3 Å². The summed E-state index contributed by atoms with van der Waals surface area (Å²) >= 11 is 0. The van der Waals surface area contributed by atoms with E-state index in [9.17, 15) is 110 Å². The van der Waals surface area contributed by atoms with Crippen LogP contribution in [-0.2, 0) is 0 Å². The molecule has 0 atom stereocenters. The van der Waals surface area contributed by atoms with E-state index < -0.39 is 83.3 Å². The summed E-state index contributed by atoms with van der Waals surface area (Å²) in [5.74, 6) is -98.0. The van der Waals surface area contributed by atoms with Crippen LogP contribution in [0, 0.1) is 0 Å². The molecular formula is C17H9F25. The molecule has 0 aromatic carbocycles. The second-order valence-corrected chi connectivity index (χ2v) is 8.11. The van der Waals surface area contributed by atoms with Crippen molar-refractivity contribution in [1.82, 2.24) is 0 Å². The molecule has 42 heavy (non-hydrogen) atoms. The summed E-state index contributed by atoms with van der Waals surface area (Å²) < 4.78 is 333. The smallest absolute Gasteiger partial charge is 0.194 e. The van der Waals surface area contributed by atoms with Gasteiger partial charge in [-0.1, -0.05) is 13.0 Å². The van der Waals surface area contributed by atoms with Crippen LogP contribution in [0.2, 0.25) is 0 Å². The Balaban J connectivity index is 7.40. The predicted octanol–water partition coefficient (Wildman–Crippen LogP) is 9.89. The van der Waals surface area contributed by atoms with Gasteiger partial charge in [0.25, 0.3) is 0 Å². The standard InChI is InChI=1S/C17H9F25/c1-3-4-5(2)6(18,19)7(20,21)8(22,23)9(24,25)10(26,27)11(28,29)12(30,31)13(32,33)14(34,35)15(36,37)16(38,39)17(40,41)42/h4H,3H2,1-2H3. The maximum Gasteiger partial charge on any atom is 0.460 e. The lowest BCUT2D eigenvalue weighted by Crippen LogP contribution is -2.78. The summed E-state index contributed by atoms with van der Waals surface area (Å²) in [7, 11) is 0. The van der Waals surface area contributed by atoms with Crippen LogP contribution in [0.25, 0.3) is 0 Å². The molecule has 252 valence electrons. The highest BCUT2D eigenvalue weighted by Crippen LogP contribution is 2.68. The lowest BCUT2D eigenvalue weighted by atomic mass is 9.84. The van der Waals surface area contributed by atoms with Crippen molar-refractivity contribution in [2.75, 3.05) is 0 Å². The molecule has 0 aromatic rings. The first kappa shape index (κ1) is 40.0. The predicted molar refractivity (Wildman–Crippen MR) is 84.5 cm³/mol. The topological polar surface area (TPSA) is 0 Å². The quantitative estimate of drug-likeness (QED) is 0.142. The zero-order valence-electron chi connectivity index (χ0n) is 19.2. The van der Waals surface area contributed by atoms with E-state index >= 15 is 0 Å². The Morgan fingerprint density at radius 1 is 0.357 bits per heavy atom. The third kappa shape index (κ3) is 4.63. The summed E-state index contributed by atoms with van der Waals surface area (Å²) in [5, 5.41) is 0. The van der Waals surface area contributed by atoms with E-state index in [4.69, 9.17) is 0 Å². The van der Waals surface area contributed by atoms with Crippen molar-refractivity contribution < 1.29 is 110 Å². The van der Waals surface area contributed by atoms with Gasteiger partial charge in [-0.15, -0.1) is 0 Å². The van der Waals surface area contributed by atoms with Crippen molar-refractivity contribution in [3.05, 3.63) is 11.6 Å². The molecular weight excluding hydrogens is 679 g/mol. The average Bonchev–Trinajstić information content (AvgIpc) is 2.76. The second-order valence-electron chi connectivity index (χ2n) is 8.11. The summed E-state index contributed by atoms with van der Waals surface area (Å²) in [4.78, 5) is 0. The second kappa shape index (κ2) is 10.0. The maximum atomic E-state index is 13.8. The summed E-state index contributed by atoms with van der Waals surface area (Å²) in [5.41, 5.74) is -2.43. The van der Waals surface area contributed by atoms with E-state index in [1.54, 1.807) is 0 Å². The Labute approximate surface area is 214 Å². The number of rotatable bonds is 12. The number of halogens is 25. The molecule has 0 amide bonds. The molecule has 0 fully saturated rings. The molecule has 0 aliphatic carbocycles. The minimum absolute atomic E-state index is 0.206. The highest BCUT2D eigenvalue weighted by atomic mass is 19.4. The Hall–Kier alpha value is -2.01. The lowest BCUT2D eigenvalue weighted by molar-refractivity contribution is -0.481. The van der Waals surface area contributed by atoms with Crippen molar-refractivity contribution in [2.45, 2.75) is 91.6 Å². The summed E-state index contributed by atoms with van der Waals surface area (Å²) in [6.07, 6.45) is -9.22. The summed E-state index contributed by atoms with van der Waals surface area (Å²) in [6.45, 7) is 0.456. The van der Waals surface area contributed by atoms with E-state index in [-0.39, 0.29) is 13.0 Å². The molecule has 0 spiro atoms. The molecule has 0 unspecified atom stereocenters. The molecule has 0 aromatic heterocycles. The molecule has 0 rings (SSSR count). The molecule has 0 aliphatic heterocycles. The van der Waals surface area contributed by atoms with Crippen molar-refractivity contribution in [2.24, 2.45) is 0 Å². The van der Waals surface area contributed by atoms with E-state index in [1.165, 1.54) is 0 Å². The van der Waals surface area contributed by atoms with E-state index in [1.807, 2.05) is 0 Å². The Kier molecular flexibility index (Phi) is 9.53. The van der Waals surface area contributed by atoms with Gasteiger partial charge in [0.15, 0.2) is 0 Å². The van der Waals surface area contributed by atoms with Gasteiger partial charge in [-0.2, -0.15) is 110 Å². The van der Waals surface area contributed by atoms with Crippen molar-refractivity contribution in [3.63, 3.8) is 0 Å². The van der Waals surface area contributed by atoms with Gasteiger partial charge in [-0.25, -0.2) is 0 Å². The van der Waals surface area contributed by atoms with Gasteiger partial charge in [0.2, 0.25) is 0 Å². The third-order valence-corrected chi connectivity index (χ3v) is 5.30. The lowest BCUT2D eigenvalue weighted by Gasteiger charge is -2.45. The van der Waals surface area contributed by atoms with Gasteiger partial charge in [-0.05, 0) is 18.9 Å². The average molecular weight is 688 g/mol. The largest absolute Gasteiger partial charge is 0.460 e. The number of allylic oxidation sites excluding steroid dienone is 2. The molecule has 0 radical (unpaired) electrons. The number of hydrogen-bond donors (Lipinski definition) is 0. The monoisotopic (exact) mass is 688 g/mol. The van der Waals surface area contributed by atoms with Crippen LogP contribution < -0.4 is 0 Å². The minimum Gasteiger partial charge on any atom is -0.194 e. The Bertz CT molecular complexity index is 1010. The molecule has 0 saturated heterocycles. The van der Waals surface area contributed by atoms with Crippen molar-refractivity contribution >= 4 is 0 Å². The fourth-order valence-electron chi connectivity index (χ4n) is 2.63. The van der Waals surface area contributed by atoms with E-state index in [0.717, 1.165) is 6.92 Å². The Morgan fingerprint density at radius 3 is 0.738 bits per heavy atom. The Morgan fingerprint density at radius 2 is 0.548 bits per heavy atom. The van der Waals surface area contributed by atoms with E-state index in [0.29, 0.717) is 0 Å². The normalized spacial score (nSPS) is 17.2. The molecule has 25 heteroatoms. The first-order chi connectivity index (χ1) is 17.7. The van der Waals surface area contributed by atoms with Gasteiger partial charge in [0.1, 0.15) is 0 Å². The van der Waals surface area contributed by atoms with E-state index in [2.05, 4.69) is 0 Å². The zero-order valence-corrected chi connectivity index (χ0v) is 19.2. The first-order valence-corrected chi connectivity index (χ1v) is 9.63.